The van der Waals surface area contributed by atoms with Crippen molar-refractivity contribution in [1.82, 2.24) is 10.3 Å². The zero-order chi connectivity index (χ0) is 19.6. The minimum atomic E-state index is -0.214. The van der Waals surface area contributed by atoms with E-state index in [1.54, 1.807) is 7.05 Å². The van der Waals surface area contributed by atoms with E-state index in [1.165, 1.54) is 12.0 Å². The number of aromatic nitrogens is 1. The van der Waals surface area contributed by atoms with Crippen molar-refractivity contribution in [3.63, 3.8) is 0 Å². The Labute approximate surface area is 160 Å². The van der Waals surface area contributed by atoms with E-state index in [4.69, 9.17) is 0 Å². The van der Waals surface area contributed by atoms with Crippen LogP contribution in [0.25, 0.3) is 11.3 Å². The lowest BCUT2D eigenvalue weighted by atomic mass is 10.1. The van der Waals surface area contributed by atoms with E-state index in [-0.39, 0.29) is 12.0 Å². The second-order valence-electron chi connectivity index (χ2n) is 6.30. The van der Waals surface area contributed by atoms with Crippen LogP contribution < -0.4 is 10.2 Å². The Hall–Kier alpha value is -2.89. The van der Waals surface area contributed by atoms with Crippen LogP contribution in [0.1, 0.15) is 31.7 Å². The Balaban J connectivity index is 2.05. The third kappa shape index (κ3) is 6.09. The van der Waals surface area contributed by atoms with Crippen LogP contribution in [0.4, 0.5) is 10.6 Å². The van der Waals surface area contributed by atoms with Gasteiger partial charge in [0.15, 0.2) is 0 Å². The van der Waals surface area contributed by atoms with E-state index in [9.17, 15) is 9.59 Å². The SMILES string of the molecule is CCCCNC(=O)N(C)c1cccc(-c2ccc(CCC(=O)OC)cc2)n1. The minimum Gasteiger partial charge on any atom is -0.469 e. The molecule has 0 fully saturated rings. The molecule has 6 heteroatoms. The third-order valence-electron chi connectivity index (χ3n) is 4.28. The van der Waals surface area contributed by atoms with E-state index in [1.807, 2.05) is 42.5 Å². The first kappa shape index (κ1) is 20.4. The van der Waals surface area contributed by atoms with Gasteiger partial charge in [-0.05, 0) is 30.5 Å². The summed E-state index contributed by atoms with van der Waals surface area (Å²) in [6.07, 6.45) is 2.99. The van der Waals surface area contributed by atoms with Crippen LogP contribution in [0.15, 0.2) is 42.5 Å². The summed E-state index contributed by atoms with van der Waals surface area (Å²) >= 11 is 0. The monoisotopic (exact) mass is 369 g/mol. The molecule has 2 rings (SSSR count). The van der Waals surface area contributed by atoms with Crippen LogP contribution in [-0.2, 0) is 16.0 Å². The van der Waals surface area contributed by atoms with Crippen molar-refractivity contribution >= 4 is 17.8 Å². The van der Waals surface area contributed by atoms with Crippen LogP contribution in [-0.4, -0.2) is 37.7 Å². The summed E-state index contributed by atoms with van der Waals surface area (Å²) in [4.78, 5) is 29.6. The quantitative estimate of drug-likeness (QED) is 0.567. The number of hydrogen-bond donors (Lipinski definition) is 1. The molecule has 0 atom stereocenters. The van der Waals surface area contributed by atoms with Gasteiger partial charge in [-0.2, -0.15) is 0 Å². The lowest BCUT2D eigenvalue weighted by Crippen LogP contribution is -2.38. The molecule has 1 heterocycles. The fourth-order valence-electron chi connectivity index (χ4n) is 2.56. The topological polar surface area (TPSA) is 71.5 Å². The molecule has 0 radical (unpaired) electrons. The normalized spacial score (nSPS) is 10.3. The molecule has 1 aromatic carbocycles. The number of unbranched alkanes of at least 4 members (excludes halogenated alkanes) is 1. The zero-order valence-electron chi connectivity index (χ0n) is 16.2. The summed E-state index contributed by atoms with van der Waals surface area (Å²) < 4.78 is 4.66. The highest BCUT2D eigenvalue weighted by Gasteiger charge is 2.12. The van der Waals surface area contributed by atoms with Crippen molar-refractivity contribution in [3.05, 3.63) is 48.0 Å². The van der Waals surface area contributed by atoms with Crippen molar-refractivity contribution in [2.45, 2.75) is 32.6 Å². The Morgan fingerprint density at radius 1 is 1.15 bits per heavy atom. The molecular formula is C21H27N3O3. The molecular weight excluding hydrogens is 342 g/mol. The third-order valence-corrected chi connectivity index (χ3v) is 4.28. The maximum Gasteiger partial charge on any atom is 0.322 e. The number of amides is 2. The molecule has 0 unspecified atom stereocenters. The Kier molecular flexibility index (Phi) is 7.79. The molecule has 27 heavy (non-hydrogen) atoms. The van der Waals surface area contributed by atoms with Gasteiger partial charge in [0, 0.05) is 25.6 Å². The van der Waals surface area contributed by atoms with E-state index >= 15 is 0 Å². The van der Waals surface area contributed by atoms with Crippen molar-refractivity contribution in [2.24, 2.45) is 0 Å². The maximum atomic E-state index is 12.2. The summed E-state index contributed by atoms with van der Waals surface area (Å²) in [5.41, 5.74) is 2.81. The van der Waals surface area contributed by atoms with Gasteiger partial charge in [0.1, 0.15) is 5.82 Å². The highest BCUT2D eigenvalue weighted by atomic mass is 16.5. The number of nitrogens with one attached hydrogen (secondary N) is 1. The molecule has 0 bridgehead atoms. The largest absolute Gasteiger partial charge is 0.469 e. The number of pyridine rings is 1. The number of carbonyl (C=O) groups is 2. The second-order valence-corrected chi connectivity index (χ2v) is 6.30. The van der Waals surface area contributed by atoms with Crippen molar-refractivity contribution in [1.29, 1.82) is 0 Å². The second kappa shape index (κ2) is 10.3. The van der Waals surface area contributed by atoms with Crippen LogP contribution in [0, 0.1) is 0 Å². The minimum absolute atomic E-state index is 0.161. The predicted molar refractivity (Wildman–Crippen MR) is 107 cm³/mol. The number of ether oxygens (including phenoxy) is 1. The van der Waals surface area contributed by atoms with Gasteiger partial charge in [0.05, 0.1) is 12.8 Å². The summed E-state index contributed by atoms with van der Waals surface area (Å²) in [6.45, 7) is 2.74. The van der Waals surface area contributed by atoms with Crippen molar-refractivity contribution < 1.29 is 14.3 Å². The average molecular weight is 369 g/mol. The summed E-state index contributed by atoms with van der Waals surface area (Å²) in [5.74, 6) is 0.380. The maximum absolute atomic E-state index is 12.2. The van der Waals surface area contributed by atoms with Crippen molar-refractivity contribution in [2.75, 3.05) is 25.6 Å². The smallest absolute Gasteiger partial charge is 0.322 e. The highest BCUT2D eigenvalue weighted by molar-refractivity contribution is 5.90. The van der Waals surface area contributed by atoms with Crippen LogP contribution >= 0.6 is 0 Å². The van der Waals surface area contributed by atoms with Crippen LogP contribution in [0.3, 0.4) is 0 Å². The van der Waals surface area contributed by atoms with Gasteiger partial charge in [-0.25, -0.2) is 9.78 Å². The van der Waals surface area contributed by atoms with Crippen LogP contribution in [0.2, 0.25) is 0 Å². The summed E-state index contributed by atoms with van der Waals surface area (Å²) in [7, 11) is 3.11. The van der Waals surface area contributed by atoms with Crippen LogP contribution in [0.5, 0.6) is 0 Å². The summed E-state index contributed by atoms with van der Waals surface area (Å²) in [5, 5.41) is 2.89. The van der Waals surface area contributed by atoms with Crippen molar-refractivity contribution in [3.8, 4) is 11.3 Å². The standard InChI is InChI=1S/C21H27N3O3/c1-4-5-15-22-21(26)24(2)19-8-6-7-18(23-19)17-12-9-16(10-13-17)11-14-20(25)27-3/h6-10,12-13H,4-5,11,14-15H2,1-3H3,(H,22,26). The first-order chi connectivity index (χ1) is 13.0. The Morgan fingerprint density at radius 2 is 1.89 bits per heavy atom. The number of esters is 1. The molecule has 2 amide bonds. The van der Waals surface area contributed by atoms with Gasteiger partial charge in [0.2, 0.25) is 0 Å². The molecule has 0 aliphatic carbocycles. The molecule has 6 nitrogen and oxygen atoms in total. The van der Waals surface area contributed by atoms with Gasteiger partial charge in [-0.3, -0.25) is 9.69 Å². The number of benzene rings is 1. The van der Waals surface area contributed by atoms with Gasteiger partial charge in [0.25, 0.3) is 0 Å². The first-order valence-electron chi connectivity index (χ1n) is 9.20. The number of nitrogens with zero attached hydrogens (tertiary/aromatic N) is 2. The molecule has 1 aromatic heterocycles. The Bertz CT molecular complexity index is 760. The molecule has 144 valence electrons. The van der Waals surface area contributed by atoms with Gasteiger partial charge >= 0.3 is 12.0 Å². The fraction of sp³-hybridized carbons (Fsp3) is 0.381. The molecule has 1 N–H and O–H groups in total. The number of hydrogen-bond acceptors (Lipinski definition) is 4. The number of rotatable bonds is 8. The van der Waals surface area contributed by atoms with Gasteiger partial charge in [-0.1, -0.05) is 43.7 Å². The molecule has 0 aliphatic heterocycles. The fourth-order valence-corrected chi connectivity index (χ4v) is 2.56. The lowest BCUT2D eigenvalue weighted by Gasteiger charge is -2.17. The number of anilines is 1. The molecule has 0 saturated heterocycles. The van der Waals surface area contributed by atoms with E-state index in [2.05, 4.69) is 22.0 Å². The average Bonchev–Trinajstić information content (AvgIpc) is 2.72. The summed E-state index contributed by atoms with van der Waals surface area (Å²) in [6, 6.07) is 13.4. The molecule has 2 aromatic rings. The van der Waals surface area contributed by atoms with E-state index in [0.29, 0.717) is 25.2 Å². The zero-order valence-corrected chi connectivity index (χ0v) is 16.2. The first-order valence-corrected chi connectivity index (χ1v) is 9.20. The lowest BCUT2D eigenvalue weighted by molar-refractivity contribution is -0.140. The molecule has 0 aliphatic rings. The number of carbonyl (C=O) groups excluding carboxylic acids is 2. The van der Waals surface area contributed by atoms with E-state index < -0.39 is 0 Å². The number of aryl methyl sites for hydroxylation is 1. The van der Waals surface area contributed by atoms with Gasteiger partial charge in [-0.15, -0.1) is 0 Å². The molecule has 0 spiro atoms. The predicted octanol–water partition coefficient (Wildman–Crippen LogP) is 3.80. The number of methoxy groups -OCH3 is 1. The van der Waals surface area contributed by atoms with E-state index in [0.717, 1.165) is 29.7 Å². The highest BCUT2D eigenvalue weighted by Crippen LogP contribution is 2.21. The Morgan fingerprint density at radius 3 is 2.56 bits per heavy atom. The molecule has 0 saturated carbocycles. The van der Waals surface area contributed by atoms with Gasteiger partial charge < -0.3 is 10.1 Å². The number of urea groups is 1.